The van der Waals surface area contributed by atoms with Crippen LogP contribution in [-0.4, -0.2) is 4.57 Å². The summed E-state index contributed by atoms with van der Waals surface area (Å²) < 4.78 is 3.83. The molecule has 0 aliphatic carbocycles. The highest BCUT2D eigenvalue weighted by atomic mass is 127. The molecule has 0 amide bonds. The molecule has 24 heavy (non-hydrogen) atoms. The Bertz CT molecular complexity index is 1100. The maximum Gasteiger partial charge on any atom is 0.0572 e. The Labute approximate surface area is 156 Å². The van der Waals surface area contributed by atoms with E-state index in [1.54, 1.807) is 0 Å². The Morgan fingerprint density at radius 2 is 1.67 bits per heavy atom. The Balaban J connectivity index is 2.39. The van der Waals surface area contributed by atoms with Crippen LogP contribution in [0.25, 0.3) is 32.6 Å². The van der Waals surface area contributed by atoms with E-state index < -0.39 is 0 Å². The number of aryl methyl sites for hydroxylation is 4. The summed E-state index contributed by atoms with van der Waals surface area (Å²) in [5, 5.41) is 5.63. The van der Waals surface area contributed by atoms with Crippen molar-refractivity contribution in [3.8, 4) is 0 Å². The fourth-order valence-corrected chi connectivity index (χ4v) is 5.27. The van der Waals surface area contributed by atoms with Crippen LogP contribution in [0.3, 0.4) is 0 Å². The quantitative estimate of drug-likeness (QED) is 0.316. The van der Waals surface area contributed by atoms with E-state index in [2.05, 4.69) is 91.4 Å². The van der Waals surface area contributed by atoms with E-state index in [1.165, 1.54) is 59.3 Å². The number of aromatic nitrogens is 1. The lowest BCUT2D eigenvalue weighted by molar-refractivity contribution is 0.926. The molecule has 0 aliphatic heterocycles. The lowest BCUT2D eigenvalue weighted by atomic mass is 9.96. The third-order valence-corrected chi connectivity index (χ3v) is 6.34. The molecular weight excluding hydrogens is 405 g/mol. The molecule has 0 bridgehead atoms. The van der Waals surface area contributed by atoms with E-state index >= 15 is 0 Å². The molecule has 1 nitrogen and oxygen atoms in total. The molecule has 3 aromatic carbocycles. The van der Waals surface area contributed by atoms with Gasteiger partial charge in [0.15, 0.2) is 0 Å². The average Bonchev–Trinajstić information content (AvgIpc) is 2.84. The Hall–Kier alpha value is -1.55. The maximum atomic E-state index is 2.56. The molecule has 0 spiro atoms. The van der Waals surface area contributed by atoms with Gasteiger partial charge in [-0.15, -0.1) is 0 Å². The third kappa shape index (κ3) is 2.12. The van der Waals surface area contributed by atoms with Crippen molar-refractivity contribution < 1.29 is 0 Å². The van der Waals surface area contributed by atoms with Crippen LogP contribution >= 0.6 is 22.6 Å². The second-order valence-electron chi connectivity index (χ2n) is 6.85. The molecule has 0 radical (unpaired) electrons. The number of fused-ring (bicyclic) bond motifs is 5. The van der Waals surface area contributed by atoms with Gasteiger partial charge in [-0.1, -0.05) is 49.2 Å². The number of halogens is 1. The molecule has 1 heterocycles. The summed E-state index contributed by atoms with van der Waals surface area (Å²) in [5.74, 6) is 0. The standard InChI is InChI=1S/C22H22IN/c1-5-8-17-19-18-12-13(2)11-14(3)21(18)24(4)22(19)16-10-7-6-9-15(16)20(17)23/h6-7,9-12H,5,8H2,1-4H3. The predicted molar refractivity (Wildman–Crippen MR) is 114 cm³/mol. The van der Waals surface area contributed by atoms with Gasteiger partial charge in [-0.2, -0.15) is 0 Å². The van der Waals surface area contributed by atoms with Gasteiger partial charge < -0.3 is 4.57 Å². The molecule has 4 aromatic rings. The minimum Gasteiger partial charge on any atom is -0.343 e. The highest BCUT2D eigenvalue weighted by Gasteiger charge is 2.19. The van der Waals surface area contributed by atoms with Gasteiger partial charge in [0.2, 0.25) is 0 Å². The summed E-state index contributed by atoms with van der Waals surface area (Å²) in [4.78, 5) is 0. The number of rotatable bonds is 2. The Morgan fingerprint density at radius 3 is 2.38 bits per heavy atom. The fraction of sp³-hybridized carbons (Fsp3) is 0.273. The van der Waals surface area contributed by atoms with E-state index in [0.29, 0.717) is 0 Å². The van der Waals surface area contributed by atoms with Crippen molar-refractivity contribution in [2.24, 2.45) is 7.05 Å². The first-order chi connectivity index (χ1) is 11.5. The molecule has 1 aromatic heterocycles. The molecule has 0 saturated heterocycles. The molecule has 122 valence electrons. The molecular formula is C22H22IN. The first kappa shape index (κ1) is 15.9. The second kappa shape index (κ2) is 5.76. The lowest BCUT2D eigenvalue weighted by Gasteiger charge is -2.12. The molecule has 0 aliphatic rings. The van der Waals surface area contributed by atoms with Crippen LogP contribution in [0.4, 0.5) is 0 Å². The van der Waals surface area contributed by atoms with E-state index in [-0.39, 0.29) is 0 Å². The van der Waals surface area contributed by atoms with Crippen molar-refractivity contribution in [2.45, 2.75) is 33.6 Å². The number of hydrogen-bond donors (Lipinski definition) is 0. The molecule has 4 rings (SSSR count). The number of nitrogens with zero attached hydrogens (tertiary/aromatic N) is 1. The summed E-state index contributed by atoms with van der Waals surface area (Å²) in [7, 11) is 2.22. The largest absolute Gasteiger partial charge is 0.343 e. The SMILES string of the molecule is CCCc1c(I)c2ccccc2c2c1c1cc(C)cc(C)c1n2C. The molecule has 0 fully saturated rings. The van der Waals surface area contributed by atoms with Crippen LogP contribution in [0.5, 0.6) is 0 Å². The average molecular weight is 427 g/mol. The van der Waals surface area contributed by atoms with Crippen LogP contribution in [0, 0.1) is 17.4 Å². The summed E-state index contributed by atoms with van der Waals surface area (Å²) in [6.07, 6.45) is 2.30. The van der Waals surface area contributed by atoms with Gasteiger partial charge in [-0.05, 0) is 65.4 Å². The monoisotopic (exact) mass is 427 g/mol. The maximum absolute atomic E-state index is 2.56. The van der Waals surface area contributed by atoms with E-state index in [9.17, 15) is 0 Å². The van der Waals surface area contributed by atoms with Gasteiger partial charge in [-0.3, -0.25) is 0 Å². The molecule has 0 atom stereocenters. The molecule has 0 unspecified atom stereocenters. The number of hydrogen-bond acceptors (Lipinski definition) is 0. The summed E-state index contributed by atoms with van der Waals surface area (Å²) in [6.45, 7) is 6.72. The van der Waals surface area contributed by atoms with Crippen LogP contribution in [0.1, 0.15) is 30.0 Å². The normalized spacial score (nSPS) is 11.9. The molecule has 0 N–H and O–H groups in total. The summed E-state index contributed by atoms with van der Waals surface area (Å²) in [5.41, 5.74) is 6.99. The van der Waals surface area contributed by atoms with Gasteiger partial charge in [-0.25, -0.2) is 0 Å². The minimum absolute atomic E-state index is 1.13. The highest BCUT2D eigenvalue weighted by molar-refractivity contribution is 14.1. The van der Waals surface area contributed by atoms with E-state index in [0.717, 1.165) is 6.42 Å². The minimum atomic E-state index is 1.13. The first-order valence-corrected chi connectivity index (χ1v) is 9.70. The highest BCUT2D eigenvalue weighted by Crippen LogP contribution is 2.41. The first-order valence-electron chi connectivity index (χ1n) is 8.63. The van der Waals surface area contributed by atoms with Crippen molar-refractivity contribution >= 4 is 55.2 Å². The van der Waals surface area contributed by atoms with Crippen molar-refractivity contribution in [1.82, 2.24) is 4.57 Å². The van der Waals surface area contributed by atoms with Gasteiger partial charge in [0, 0.05) is 26.8 Å². The topological polar surface area (TPSA) is 4.93 Å². The fourth-order valence-electron chi connectivity index (χ4n) is 4.26. The zero-order chi connectivity index (χ0) is 17.0. The summed E-state index contributed by atoms with van der Waals surface area (Å²) in [6, 6.07) is 13.5. The van der Waals surface area contributed by atoms with Crippen molar-refractivity contribution in [1.29, 1.82) is 0 Å². The van der Waals surface area contributed by atoms with Crippen LogP contribution < -0.4 is 0 Å². The van der Waals surface area contributed by atoms with Gasteiger partial charge in [0.25, 0.3) is 0 Å². The number of benzene rings is 3. The van der Waals surface area contributed by atoms with Crippen molar-refractivity contribution in [3.05, 3.63) is 56.7 Å². The Kier molecular flexibility index (Phi) is 3.83. The van der Waals surface area contributed by atoms with Crippen LogP contribution in [0.15, 0.2) is 36.4 Å². The summed E-state index contributed by atoms with van der Waals surface area (Å²) >= 11 is 2.56. The third-order valence-electron chi connectivity index (χ3n) is 5.11. The van der Waals surface area contributed by atoms with E-state index in [4.69, 9.17) is 0 Å². The van der Waals surface area contributed by atoms with Gasteiger partial charge in [0.05, 0.1) is 11.0 Å². The van der Waals surface area contributed by atoms with Crippen molar-refractivity contribution in [3.63, 3.8) is 0 Å². The smallest absolute Gasteiger partial charge is 0.0572 e. The zero-order valence-corrected chi connectivity index (χ0v) is 16.9. The predicted octanol–water partition coefficient (Wildman–Crippen LogP) is 6.66. The van der Waals surface area contributed by atoms with E-state index in [1.807, 2.05) is 0 Å². The molecule has 2 heteroatoms. The zero-order valence-electron chi connectivity index (χ0n) is 14.7. The van der Waals surface area contributed by atoms with Gasteiger partial charge in [0.1, 0.15) is 0 Å². The van der Waals surface area contributed by atoms with Gasteiger partial charge >= 0.3 is 0 Å². The van der Waals surface area contributed by atoms with Crippen molar-refractivity contribution in [2.75, 3.05) is 0 Å². The van der Waals surface area contributed by atoms with Crippen LogP contribution in [-0.2, 0) is 13.5 Å². The molecule has 0 saturated carbocycles. The second-order valence-corrected chi connectivity index (χ2v) is 7.93. The van der Waals surface area contributed by atoms with Crippen LogP contribution in [0.2, 0.25) is 0 Å². The lowest BCUT2D eigenvalue weighted by Crippen LogP contribution is -1.95. The Morgan fingerprint density at radius 1 is 0.958 bits per heavy atom.